The Balaban J connectivity index is 3.58. The molecule has 0 fully saturated rings. The van der Waals surface area contributed by atoms with E-state index in [1.165, 1.54) is 19.3 Å². The summed E-state index contributed by atoms with van der Waals surface area (Å²) in [6.07, 6.45) is 4.63. The van der Waals surface area contributed by atoms with Crippen LogP contribution in [0.4, 0.5) is 0 Å². The highest BCUT2D eigenvalue weighted by Crippen LogP contribution is 2.19. The zero-order chi connectivity index (χ0) is 11.7. The second-order valence-corrected chi connectivity index (χ2v) is 4.58. The third-order valence-corrected chi connectivity index (χ3v) is 2.69. The number of nitrogens with two attached hydrogens (primary N) is 1. The largest absolute Gasteiger partial charge is 0.409 e. The number of nitrogens with one attached hydrogen (secondary N) is 1. The Bertz CT molecular complexity index is 190. The van der Waals surface area contributed by atoms with Crippen molar-refractivity contribution in [3.05, 3.63) is 0 Å². The molecule has 0 aliphatic carbocycles. The maximum Gasteiger partial charge on any atom is 0.144 e. The van der Waals surface area contributed by atoms with E-state index in [1.807, 2.05) is 13.8 Å². The molecule has 0 amide bonds. The second kappa shape index (κ2) is 7.51. The number of oxime groups is 1. The van der Waals surface area contributed by atoms with Crippen molar-refractivity contribution in [2.75, 3.05) is 13.1 Å². The molecule has 0 heterocycles. The van der Waals surface area contributed by atoms with Crippen LogP contribution in [0.1, 0.15) is 46.5 Å². The van der Waals surface area contributed by atoms with E-state index in [0.29, 0.717) is 5.84 Å². The van der Waals surface area contributed by atoms with Crippen molar-refractivity contribution >= 4 is 5.84 Å². The van der Waals surface area contributed by atoms with Gasteiger partial charge in [-0.15, -0.1) is 0 Å². The van der Waals surface area contributed by atoms with Gasteiger partial charge in [-0.3, -0.25) is 0 Å². The predicted molar refractivity (Wildman–Crippen MR) is 64.2 cm³/mol. The van der Waals surface area contributed by atoms with Crippen molar-refractivity contribution in [2.45, 2.75) is 46.5 Å². The molecule has 4 nitrogen and oxygen atoms in total. The molecule has 0 aliphatic rings. The molecule has 0 saturated carbocycles. The first-order valence-electron chi connectivity index (χ1n) is 5.73. The van der Waals surface area contributed by atoms with Gasteiger partial charge in [0.05, 0.1) is 0 Å². The fourth-order valence-electron chi connectivity index (χ4n) is 1.29. The van der Waals surface area contributed by atoms with E-state index in [0.717, 1.165) is 19.5 Å². The van der Waals surface area contributed by atoms with E-state index in [4.69, 9.17) is 10.9 Å². The quantitative estimate of drug-likeness (QED) is 0.190. The maximum absolute atomic E-state index is 8.59. The number of amidine groups is 1. The normalized spacial score (nSPS) is 13.1. The monoisotopic (exact) mass is 215 g/mol. The Morgan fingerprint density at radius 2 is 2.00 bits per heavy atom. The molecule has 0 aromatic rings. The summed E-state index contributed by atoms with van der Waals surface area (Å²) >= 11 is 0. The van der Waals surface area contributed by atoms with Gasteiger partial charge in [-0.1, -0.05) is 38.8 Å². The summed E-state index contributed by atoms with van der Waals surface area (Å²) in [5, 5.41) is 15.0. The van der Waals surface area contributed by atoms with Crippen LogP contribution in [-0.2, 0) is 0 Å². The average molecular weight is 215 g/mol. The van der Waals surface area contributed by atoms with Crippen molar-refractivity contribution in [2.24, 2.45) is 16.3 Å². The highest BCUT2D eigenvalue weighted by atomic mass is 16.4. The van der Waals surface area contributed by atoms with E-state index < -0.39 is 0 Å². The fraction of sp³-hybridized carbons (Fsp3) is 0.909. The molecule has 0 rings (SSSR count). The molecule has 0 aliphatic heterocycles. The summed E-state index contributed by atoms with van der Waals surface area (Å²) < 4.78 is 0. The smallest absolute Gasteiger partial charge is 0.144 e. The average Bonchev–Trinajstić information content (AvgIpc) is 2.22. The Labute approximate surface area is 92.9 Å². The van der Waals surface area contributed by atoms with E-state index in [2.05, 4.69) is 17.4 Å². The van der Waals surface area contributed by atoms with Gasteiger partial charge in [0, 0.05) is 5.41 Å². The Kier molecular flexibility index (Phi) is 7.13. The summed E-state index contributed by atoms with van der Waals surface area (Å²) in [7, 11) is 0. The minimum Gasteiger partial charge on any atom is -0.409 e. The number of rotatable bonds is 8. The molecule has 0 aromatic carbocycles. The van der Waals surface area contributed by atoms with Gasteiger partial charge in [0.2, 0.25) is 0 Å². The molecule has 15 heavy (non-hydrogen) atoms. The van der Waals surface area contributed by atoms with E-state index >= 15 is 0 Å². The molecule has 0 aromatic heterocycles. The van der Waals surface area contributed by atoms with Crippen molar-refractivity contribution in [3.8, 4) is 0 Å². The minimum atomic E-state index is -0.230. The van der Waals surface area contributed by atoms with Gasteiger partial charge in [0.25, 0.3) is 0 Å². The lowest BCUT2D eigenvalue weighted by Crippen LogP contribution is -2.35. The van der Waals surface area contributed by atoms with Crippen molar-refractivity contribution in [3.63, 3.8) is 0 Å². The molecule has 0 unspecified atom stereocenters. The van der Waals surface area contributed by atoms with Gasteiger partial charge in [0.1, 0.15) is 5.84 Å². The lowest BCUT2D eigenvalue weighted by molar-refractivity contribution is 0.305. The molecule has 90 valence electrons. The summed E-state index contributed by atoms with van der Waals surface area (Å²) in [5.74, 6) is 0.304. The summed E-state index contributed by atoms with van der Waals surface area (Å²) in [6, 6.07) is 0. The van der Waals surface area contributed by atoms with Crippen molar-refractivity contribution in [1.82, 2.24) is 5.32 Å². The van der Waals surface area contributed by atoms with Gasteiger partial charge in [-0.25, -0.2) is 0 Å². The van der Waals surface area contributed by atoms with E-state index in [-0.39, 0.29) is 5.41 Å². The molecule has 0 bridgehead atoms. The highest BCUT2D eigenvalue weighted by molar-refractivity contribution is 5.85. The van der Waals surface area contributed by atoms with Crippen LogP contribution < -0.4 is 11.1 Å². The fourth-order valence-corrected chi connectivity index (χ4v) is 1.29. The van der Waals surface area contributed by atoms with Crippen LogP contribution >= 0.6 is 0 Å². The third kappa shape index (κ3) is 6.33. The first kappa shape index (κ1) is 14.2. The van der Waals surface area contributed by atoms with Crippen molar-refractivity contribution in [1.29, 1.82) is 0 Å². The number of hydrogen-bond donors (Lipinski definition) is 3. The third-order valence-electron chi connectivity index (χ3n) is 2.69. The lowest BCUT2D eigenvalue weighted by Gasteiger charge is -2.22. The molecule has 4 heteroatoms. The van der Waals surface area contributed by atoms with E-state index in [9.17, 15) is 0 Å². The van der Waals surface area contributed by atoms with Crippen LogP contribution in [0.3, 0.4) is 0 Å². The number of nitrogens with zero attached hydrogens (tertiary/aromatic N) is 1. The molecule has 0 radical (unpaired) electrons. The second-order valence-electron chi connectivity index (χ2n) is 4.58. The molecule has 0 atom stereocenters. The van der Waals surface area contributed by atoms with Gasteiger partial charge in [0.15, 0.2) is 0 Å². The van der Waals surface area contributed by atoms with Gasteiger partial charge < -0.3 is 16.3 Å². The molecule has 0 saturated heterocycles. The summed E-state index contributed by atoms with van der Waals surface area (Å²) in [5.41, 5.74) is 5.36. The van der Waals surface area contributed by atoms with Crippen LogP contribution in [0.5, 0.6) is 0 Å². The predicted octanol–water partition coefficient (Wildman–Crippen LogP) is 1.93. The first-order valence-corrected chi connectivity index (χ1v) is 5.73. The minimum absolute atomic E-state index is 0.230. The van der Waals surface area contributed by atoms with Crippen LogP contribution in [0.15, 0.2) is 5.16 Å². The van der Waals surface area contributed by atoms with Crippen LogP contribution in [0.2, 0.25) is 0 Å². The van der Waals surface area contributed by atoms with Crippen LogP contribution in [0, 0.1) is 5.41 Å². The molecule has 0 spiro atoms. The molecular formula is C11H25N3O. The topological polar surface area (TPSA) is 70.6 Å². The summed E-state index contributed by atoms with van der Waals surface area (Å²) in [6.45, 7) is 8.13. The number of hydrogen-bond acceptors (Lipinski definition) is 3. The SMILES string of the molecule is CCCCCNCCC(C)(C)C(N)=NO. The Morgan fingerprint density at radius 1 is 1.33 bits per heavy atom. The number of unbranched alkanes of at least 4 members (excludes halogenated alkanes) is 2. The lowest BCUT2D eigenvalue weighted by atomic mass is 9.88. The first-order chi connectivity index (χ1) is 7.04. The van der Waals surface area contributed by atoms with Crippen LogP contribution in [0.25, 0.3) is 0 Å². The molecular weight excluding hydrogens is 190 g/mol. The summed E-state index contributed by atoms with van der Waals surface area (Å²) in [4.78, 5) is 0. The van der Waals surface area contributed by atoms with Gasteiger partial charge >= 0.3 is 0 Å². The zero-order valence-corrected chi connectivity index (χ0v) is 10.2. The molecule has 4 N–H and O–H groups in total. The standard InChI is InChI=1S/C11H25N3O/c1-4-5-6-8-13-9-7-11(2,3)10(12)14-15/h13,15H,4-9H2,1-3H3,(H2,12,14). The van der Waals surface area contributed by atoms with Crippen molar-refractivity contribution < 1.29 is 5.21 Å². The zero-order valence-electron chi connectivity index (χ0n) is 10.2. The van der Waals surface area contributed by atoms with Crippen LogP contribution in [-0.4, -0.2) is 24.1 Å². The highest BCUT2D eigenvalue weighted by Gasteiger charge is 2.22. The van der Waals surface area contributed by atoms with Gasteiger partial charge in [-0.2, -0.15) is 0 Å². The van der Waals surface area contributed by atoms with Gasteiger partial charge in [-0.05, 0) is 25.9 Å². The maximum atomic E-state index is 8.59. The Morgan fingerprint density at radius 3 is 2.53 bits per heavy atom. The van der Waals surface area contributed by atoms with E-state index in [1.54, 1.807) is 0 Å². The Hall–Kier alpha value is -0.770.